The molecule has 0 spiro atoms. The van der Waals surface area contributed by atoms with Gasteiger partial charge in [0, 0.05) is 25.2 Å². The van der Waals surface area contributed by atoms with Crippen molar-refractivity contribution in [3.8, 4) is 0 Å². The second-order valence-electron chi connectivity index (χ2n) is 6.56. The molecular formula is C22H19ClN2OS. The number of carbonyl (C=O) groups excluding carboxylic acids is 1. The SMILES string of the molecule is CN(Cc1ccccc1)C(=O)c1cc2sccc2n1Cc1cccc(Cl)c1. The van der Waals surface area contributed by atoms with E-state index in [0.29, 0.717) is 23.8 Å². The van der Waals surface area contributed by atoms with Crippen molar-refractivity contribution in [3.05, 3.63) is 94.0 Å². The van der Waals surface area contributed by atoms with Crippen molar-refractivity contribution in [2.45, 2.75) is 13.1 Å². The zero-order valence-corrected chi connectivity index (χ0v) is 16.5. The summed E-state index contributed by atoms with van der Waals surface area (Å²) in [6.07, 6.45) is 0. The van der Waals surface area contributed by atoms with Crippen molar-refractivity contribution in [1.29, 1.82) is 0 Å². The summed E-state index contributed by atoms with van der Waals surface area (Å²) in [5.41, 5.74) is 3.97. The van der Waals surface area contributed by atoms with Crippen LogP contribution in [-0.2, 0) is 13.1 Å². The number of hydrogen-bond acceptors (Lipinski definition) is 2. The van der Waals surface area contributed by atoms with Crippen molar-refractivity contribution < 1.29 is 4.79 Å². The normalized spacial score (nSPS) is 11.0. The molecule has 1 amide bonds. The first-order valence-electron chi connectivity index (χ1n) is 8.72. The van der Waals surface area contributed by atoms with Crippen LogP contribution in [0.15, 0.2) is 72.1 Å². The molecule has 4 aromatic rings. The number of rotatable bonds is 5. The summed E-state index contributed by atoms with van der Waals surface area (Å²) in [7, 11) is 1.85. The maximum atomic E-state index is 13.2. The number of carbonyl (C=O) groups is 1. The van der Waals surface area contributed by atoms with Crippen LogP contribution < -0.4 is 0 Å². The maximum absolute atomic E-state index is 13.2. The Balaban J connectivity index is 1.66. The second kappa shape index (κ2) is 7.59. The van der Waals surface area contributed by atoms with Gasteiger partial charge in [0.15, 0.2) is 0 Å². The van der Waals surface area contributed by atoms with Gasteiger partial charge in [-0.2, -0.15) is 0 Å². The fourth-order valence-corrected chi connectivity index (χ4v) is 4.30. The summed E-state index contributed by atoms with van der Waals surface area (Å²) >= 11 is 7.79. The number of nitrogens with zero attached hydrogens (tertiary/aromatic N) is 2. The molecule has 0 aliphatic carbocycles. The van der Waals surface area contributed by atoms with E-state index < -0.39 is 0 Å². The Labute approximate surface area is 167 Å². The predicted octanol–water partition coefficient (Wildman–Crippen LogP) is 5.68. The molecule has 136 valence electrons. The molecule has 5 heteroatoms. The first kappa shape index (κ1) is 17.8. The van der Waals surface area contributed by atoms with Crippen LogP contribution in [0.1, 0.15) is 21.6 Å². The number of fused-ring (bicyclic) bond motifs is 1. The highest BCUT2D eigenvalue weighted by atomic mass is 35.5. The minimum atomic E-state index is 0.0179. The van der Waals surface area contributed by atoms with E-state index in [1.807, 2.05) is 67.7 Å². The Morgan fingerprint density at radius 1 is 1.04 bits per heavy atom. The Bertz CT molecular complexity index is 1080. The molecule has 0 bridgehead atoms. The Kier molecular flexibility index (Phi) is 5.01. The molecule has 0 unspecified atom stereocenters. The van der Waals surface area contributed by atoms with Crippen LogP contribution in [-0.4, -0.2) is 22.4 Å². The lowest BCUT2D eigenvalue weighted by molar-refractivity contribution is 0.0775. The summed E-state index contributed by atoms with van der Waals surface area (Å²) < 4.78 is 3.20. The third kappa shape index (κ3) is 3.77. The monoisotopic (exact) mass is 394 g/mol. The van der Waals surface area contributed by atoms with Gasteiger partial charge in [-0.1, -0.05) is 54.1 Å². The minimum absolute atomic E-state index is 0.0179. The van der Waals surface area contributed by atoms with E-state index in [2.05, 4.69) is 16.0 Å². The fraction of sp³-hybridized carbons (Fsp3) is 0.136. The van der Waals surface area contributed by atoms with Crippen LogP contribution in [0.3, 0.4) is 0 Å². The summed E-state index contributed by atoms with van der Waals surface area (Å²) in [6, 6.07) is 21.9. The Hall–Kier alpha value is -2.56. The number of benzene rings is 2. The first-order valence-corrected chi connectivity index (χ1v) is 9.98. The lowest BCUT2D eigenvalue weighted by Gasteiger charge is -2.19. The molecule has 2 heterocycles. The number of thiophene rings is 1. The van der Waals surface area contributed by atoms with Crippen molar-refractivity contribution >= 4 is 39.1 Å². The largest absolute Gasteiger partial charge is 0.336 e. The summed E-state index contributed by atoms with van der Waals surface area (Å²) in [5.74, 6) is 0.0179. The molecule has 0 radical (unpaired) electrons. The van der Waals surface area contributed by atoms with Crippen LogP contribution in [0.5, 0.6) is 0 Å². The molecule has 3 nitrogen and oxygen atoms in total. The molecule has 0 fully saturated rings. The van der Waals surface area contributed by atoms with Gasteiger partial charge in [-0.15, -0.1) is 11.3 Å². The quantitative estimate of drug-likeness (QED) is 0.427. The van der Waals surface area contributed by atoms with Crippen molar-refractivity contribution in [1.82, 2.24) is 9.47 Å². The van der Waals surface area contributed by atoms with Crippen molar-refractivity contribution in [2.75, 3.05) is 7.05 Å². The van der Waals surface area contributed by atoms with Crippen LogP contribution in [0, 0.1) is 0 Å². The standard InChI is InChI=1S/C22H19ClN2OS/c1-24(14-16-6-3-2-4-7-16)22(26)20-13-21-19(10-11-27-21)25(20)15-17-8-5-9-18(23)12-17/h2-13H,14-15H2,1H3. The Morgan fingerprint density at radius 2 is 1.81 bits per heavy atom. The van der Waals surface area contributed by atoms with E-state index in [-0.39, 0.29) is 5.91 Å². The van der Waals surface area contributed by atoms with Crippen LogP contribution in [0.2, 0.25) is 5.02 Å². The van der Waals surface area contributed by atoms with Crippen LogP contribution in [0.25, 0.3) is 10.2 Å². The average molecular weight is 395 g/mol. The topological polar surface area (TPSA) is 25.2 Å². The summed E-state index contributed by atoms with van der Waals surface area (Å²) in [5, 5.41) is 2.76. The van der Waals surface area contributed by atoms with Gasteiger partial charge in [-0.05, 0) is 40.8 Å². The molecule has 0 aliphatic rings. The molecular weight excluding hydrogens is 376 g/mol. The molecule has 0 atom stereocenters. The van der Waals surface area contributed by atoms with Gasteiger partial charge in [0.2, 0.25) is 0 Å². The van der Waals surface area contributed by atoms with Gasteiger partial charge < -0.3 is 9.47 Å². The van der Waals surface area contributed by atoms with Gasteiger partial charge in [0.1, 0.15) is 5.69 Å². The van der Waals surface area contributed by atoms with E-state index in [1.165, 1.54) is 0 Å². The van der Waals surface area contributed by atoms with Crippen molar-refractivity contribution in [3.63, 3.8) is 0 Å². The van der Waals surface area contributed by atoms with Gasteiger partial charge in [0.25, 0.3) is 5.91 Å². The van der Waals surface area contributed by atoms with E-state index in [0.717, 1.165) is 21.3 Å². The molecule has 2 aromatic heterocycles. The minimum Gasteiger partial charge on any atom is -0.336 e. The van der Waals surface area contributed by atoms with Gasteiger partial charge in [-0.3, -0.25) is 4.79 Å². The molecule has 4 rings (SSSR count). The summed E-state index contributed by atoms with van der Waals surface area (Å²) in [6.45, 7) is 1.19. The number of amides is 1. The third-order valence-electron chi connectivity index (χ3n) is 4.58. The smallest absolute Gasteiger partial charge is 0.270 e. The maximum Gasteiger partial charge on any atom is 0.270 e. The number of hydrogen-bond donors (Lipinski definition) is 0. The Morgan fingerprint density at radius 3 is 2.59 bits per heavy atom. The van der Waals surface area contributed by atoms with Crippen molar-refractivity contribution in [2.24, 2.45) is 0 Å². The van der Waals surface area contributed by atoms with Gasteiger partial charge >= 0.3 is 0 Å². The van der Waals surface area contributed by atoms with Gasteiger partial charge in [-0.25, -0.2) is 0 Å². The van der Waals surface area contributed by atoms with E-state index in [1.54, 1.807) is 16.2 Å². The third-order valence-corrected chi connectivity index (χ3v) is 5.67. The molecule has 27 heavy (non-hydrogen) atoms. The molecule has 0 N–H and O–H groups in total. The average Bonchev–Trinajstić information content (AvgIpc) is 3.25. The summed E-state index contributed by atoms with van der Waals surface area (Å²) in [4.78, 5) is 14.9. The lowest BCUT2D eigenvalue weighted by atomic mass is 10.2. The van der Waals surface area contributed by atoms with Crippen LogP contribution in [0.4, 0.5) is 0 Å². The molecule has 0 aliphatic heterocycles. The predicted molar refractivity (Wildman–Crippen MR) is 113 cm³/mol. The number of aromatic nitrogens is 1. The fourth-order valence-electron chi connectivity index (χ4n) is 3.27. The highest BCUT2D eigenvalue weighted by Gasteiger charge is 2.20. The molecule has 2 aromatic carbocycles. The zero-order valence-electron chi connectivity index (χ0n) is 14.9. The molecule has 0 saturated heterocycles. The highest BCUT2D eigenvalue weighted by Crippen LogP contribution is 2.27. The first-order chi connectivity index (χ1) is 13.1. The lowest BCUT2D eigenvalue weighted by Crippen LogP contribution is -2.28. The van der Waals surface area contributed by atoms with E-state index in [4.69, 9.17) is 11.6 Å². The zero-order chi connectivity index (χ0) is 18.8. The van der Waals surface area contributed by atoms with E-state index in [9.17, 15) is 4.79 Å². The van der Waals surface area contributed by atoms with E-state index >= 15 is 0 Å². The second-order valence-corrected chi connectivity index (χ2v) is 7.95. The van der Waals surface area contributed by atoms with Crippen LogP contribution >= 0.6 is 22.9 Å². The highest BCUT2D eigenvalue weighted by molar-refractivity contribution is 7.17. The molecule has 0 saturated carbocycles. The van der Waals surface area contributed by atoms with Gasteiger partial charge in [0.05, 0.1) is 10.2 Å². The number of halogens is 1.